The van der Waals surface area contributed by atoms with Crippen LogP contribution in [0, 0.1) is 10.1 Å². The van der Waals surface area contributed by atoms with Gasteiger partial charge in [-0.2, -0.15) is 5.10 Å². The smallest absolute Gasteiger partial charge is 0.269 e. The van der Waals surface area contributed by atoms with E-state index < -0.39 is 16.4 Å². The van der Waals surface area contributed by atoms with Crippen molar-refractivity contribution < 1.29 is 9.72 Å². The predicted octanol–water partition coefficient (Wildman–Crippen LogP) is 2.78. The van der Waals surface area contributed by atoms with E-state index in [0.717, 1.165) is 4.57 Å². The lowest BCUT2D eigenvalue weighted by molar-refractivity contribution is -0.384. The summed E-state index contributed by atoms with van der Waals surface area (Å²) in [5.41, 5.74) is 0.858. The minimum Gasteiger partial charge on any atom is -0.325 e. The van der Waals surface area contributed by atoms with Crippen molar-refractivity contribution in [1.29, 1.82) is 0 Å². The van der Waals surface area contributed by atoms with Crippen LogP contribution in [0.25, 0.3) is 16.7 Å². The van der Waals surface area contributed by atoms with E-state index in [1.54, 1.807) is 24.3 Å². The van der Waals surface area contributed by atoms with Crippen LogP contribution in [0.3, 0.4) is 0 Å². The van der Waals surface area contributed by atoms with Crippen LogP contribution >= 0.6 is 11.6 Å². The van der Waals surface area contributed by atoms with Gasteiger partial charge in [0.25, 0.3) is 11.2 Å². The zero-order valence-corrected chi connectivity index (χ0v) is 16.0. The van der Waals surface area contributed by atoms with E-state index in [0.29, 0.717) is 22.0 Å². The molecule has 10 nitrogen and oxygen atoms in total. The summed E-state index contributed by atoms with van der Waals surface area (Å²) in [6, 6.07) is 12.3. The Morgan fingerprint density at radius 3 is 2.67 bits per heavy atom. The number of nitro groups is 1. The van der Waals surface area contributed by atoms with Crippen LogP contribution in [0.5, 0.6) is 0 Å². The van der Waals surface area contributed by atoms with Gasteiger partial charge in [0.2, 0.25) is 5.91 Å². The second kappa shape index (κ2) is 7.76. The van der Waals surface area contributed by atoms with E-state index in [2.05, 4.69) is 15.4 Å². The molecule has 0 saturated carbocycles. The minimum atomic E-state index is -0.532. The maximum Gasteiger partial charge on any atom is 0.269 e. The van der Waals surface area contributed by atoms with Crippen LogP contribution in [-0.4, -0.2) is 30.2 Å². The summed E-state index contributed by atoms with van der Waals surface area (Å²) < 4.78 is 2.65. The van der Waals surface area contributed by atoms with Crippen LogP contribution in [0.1, 0.15) is 0 Å². The fraction of sp³-hybridized carbons (Fsp3) is 0.0526. The molecular weight excluding hydrogens is 412 g/mol. The van der Waals surface area contributed by atoms with Gasteiger partial charge in [0.05, 0.1) is 16.8 Å². The molecule has 1 N–H and O–H groups in total. The van der Waals surface area contributed by atoms with Gasteiger partial charge in [-0.05, 0) is 30.3 Å². The zero-order valence-electron chi connectivity index (χ0n) is 15.2. The summed E-state index contributed by atoms with van der Waals surface area (Å²) in [4.78, 5) is 39.4. The Kier molecular flexibility index (Phi) is 4.98. The number of carbonyl (C=O) groups excluding carboxylic acids is 1. The monoisotopic (exact) mass is 424 g/mol. The first kappa shape index (κ1) is 19.3. The van der Waals surface area contributed by atoms with Crippen molar-refractivity contribution in [3.05, 3.63) is 86.5 Å². The normalized spacial score (nSPS) is 10.8. The van der Waals surface area contributed by atoms with Gasteiger partial charge in [-0.1, -0.05) is 17.7 Å². The lowest BCUT2D eigenvalue weighted by Crippen LogP contribution is -2.27. The highest BCUT2D eigenvalue weighted by atomic mass is 35.5. The van der Waals surface area contributed by atoms with E-state index in [-0.39, 0.29) is 17.6 Å². The number of amides is 1. The number of nitrogens with one attached hydrogen (secondary N) is 1. The predicted molar refractivity (Wildman–Crippen MR) is 110 cm³/mol. The van der Waals surface area contributed by atoms with E-state index in [1.807, 2.05) is 0 Å². The molecule has 0 saturated heterocycles. The SMILES string of the molecule is O=C(Cn1cnc2c(cnn2-c2cccc(Cl)c2)c1=O)Nc1ccc([N+](=O)[O-])cc1. The summed E-state index contributed by atoms with van der Waals surface area (Å²) in [7, 11) is 0. The van der Waals surface area contributed by atoms with Gasteiger partial charge < -0.3 is 5.32 Å². The quantitative estimate of drug-likeness (QED) is 0.388. The van der Waals surface area contributed by atoms with Crippen molar-refractivity contribution in [3.63, 3.8) is 0 Å². The number of non-ortho nitro benzene ring substituents is 1. The molecule has 30 heavy (non-hydrogen) atoms. The molecule has 2 aromatic heterocycles. The number of hydrogen-bond acceptors (Lipinski definition) is 6. The number of halogens is 1. The Labute approximate surface area is 173 Å². The molecule has 2 heterocycles. The number of carbonyl (C=O) groups is 1. The number of benzene rings is 2. The van der Waals surface area contributed by atoms with Gasteiger partial charge in [0, 0.05) is 22.8 Å². The number of fused-ring (bicyclic) bond motifs is 1. The number of anilines is 1. The van der Waals surface area contributed by atoms with Crippen molar-refractivity contribution in [3.8, 4) is 5.69 Å². The number of hydrogen-bond donors (Lipinski definition) is 1. The number of rotatable bonds is 5. The fourth-order valence-corrected chi connectivity index (χ4v) is 3.06. The maximum atomic E-state index is 12.7. The van der Waals surface area contributed by atoms with Gasteiger partial charge in [0.15, 0.2) is 5.65 Å². The van der Waals surface area contributed by atoms with Gasteiger partial charge >= 0.3 is 0 Å². The number of nitrogens with zero attached hydrogens (tertiary/aromatic N) is 5. The van der Waals surface area contributed by atoms with Gasteiger partial charge in [-0.15, -0.1) is 0 Å². The van der Waals surface area contributed by atoms with Crippen LogP contribution in [0.4, 0.5) is 11.4 Å². The summed E-state index contributed by atoms with van der Waals surface area (Å²) in [6.45, 7) is -0.277. The van der Waals surface area contributed by atoms with Crippen molar-refractivity contribution in [2.75, 3.05) is 5.32 Å². The van der Waals surface area contributed by atoms with Gasteiger partial charge in [-0.3, -0.25) is 24.3 Å². The van der Waals surface area contributed by atoms with E-state index >= 15 is 0 Å². The Bertz CT molecular complexity index is 1330. The molecule has 11 heteroatoms. The molecule has 0 radical (unpaired) electrons. The molecule has 150 valence electrons. The molecule has 0 unspecified atom stereocenters. The van der Waals surface area contributed by atoms with Crippen LogP contribution in [-0.2, 0) is 11.3 Å². The summed E-state index contributed by atoms with van der Waals surface area (Å²) in [6.07, 6.45) is 2.65. The highest BCUT2D eigenvalue weighted by molar-refractivity contribution is 6.30. The average Bonchev–Trinajstić information content (AvgIpc) is 3.15. The Morgan fingerprint density at radius 1 is 1.20 bits per heavy atom. The molecule has 1 amide bonds. The molecule has 0 aliphatic carbocycles. The molecular formula is C19H13ClN6O4. The molecule has 0 aliphatic heterocycles. The minimum absolute atomic E-state index is 0.0874. The van der Waals surface area contributed by atoms with Crippen LogP contribution in [0.2, 0.25) is 5.02 Å². The lowest BCUT2D eigenvalue weighted by atomic mass is 10.3. The molecule has 4 rings (SSSR count). The van der Waals surface area contributed by atoms with E-state index in [9.17, 15) is 19.7 Å². The lowest BCUT2D eigenvalue weighted by Gasteiger charge is -2.08. The largest absolute Gasteiger partial charge is 0.325 e. The van der Waals surface area contributed by atoms with Crippen molar-refractivity contribution in [1.82, 2.24) is 19.3 Å². The molecule has 0 fully saturated rings. The first-order valence-electron chi connectivity index (χ1n) is 8.66. The third-order valence-electron chi connectivity index (χ3n) is 4.28. The maximum absolute atomic E-state index is 12.7. The first-order chi connectivity index (χ1) is 14.4. The Hall–Kier alpha value is -4.05. The number of nitro benzene ring substituents is 1. The highest BCUT2D eigenvalue weighted by Crippen LogP contribution is 2.18. The molecule has 0 atom stereocenters. The zero-order chi connectivity index (χ0) is 21.3. The van der Waals surface area contributed by atoms with Crippen molar-refractivity contribution in [2.24, 2.45) is 0 Å². The standard InChI is InChI=1S/C19H13ClN6O4/c20-12-2-1-3-15(8-12)25-18-16(9-22-25)19(28)24(11-21-18)10-17(27)23-13-4-6-14(7-5-13)26(29)30/h1-9,11H,10H2,(H,23,27). The molecule has 4 aromatic rings. The summed E-state index contributed by atoms with van der Waals surface area (Å²) in [5.74, 6) is -0.477. The Balaban J connectivity index is 1.56. The third kappa shape index (κ3) is 3.76. The summed E-state index contributed by atoms with van der Waals surface area (Å²) >= 11 is 6.01. The summed E-state index contributed by atoms with van der Waals surface area (Å²) in [5, 5.41) is 18.2. The van der Waals surface area contributed by atoms with Crippen molar-refractivity contribution in [2.45, 2.75) is 6.54 Å². The fourth-order valence-electron chi connectivity index (χ4n) is 2.88. The van der Waals surface area contributed by atoms with Crippen LogP contribution in [0.15, 0.2) is 65.8 Å². The van der Waals surface area contributed by atoms with Gasteiger partial charge in [0.1, 0.15) is 18.3 Å². The number of aromatic nitrogens is 4. The van der Waals surface area contributed by atoms with Crippen molar-refractivity contribution >= 4 is 39.9 Å². The molecule has 2 aromatic carbocycles. The van der Waals surface area contributed by atoms with E-state index in [4.69, 9.17) is 11.6 Å². The average molecular weight is 425 g/mol. The van der Waals surface area contributed by atoms with Crippen LogP contribution < -0.4 is 10.9 Å². The van der Waals surface area contributed by atoms with E-state index in [1.165, 1.54) is 41.5 Å². The Morgan fingerprint density at radius 2 is 1.97 bits per heavy atom. The second-order valence-corrected chi connectivity index (χ2v) is 6.74. The third-order valence-corrected chi connectivity index (χ3v) is 4.52. The second-order valence-electron chi connectivity index (χ2n) is 6.30. The highest BCUT2D eigenvalue weighted by Gasteiger charge is 2.14. The molecule has 0 bridgehead atoms. The molecule has 0 spiro atoms. The topological polar surface area (TPSA) is 125 Å². The molecule has 0 aliphatic rings. The van der Waals surface area contributed by atoms with Gasteiger partial charge in [-0.25, -0.2) is 9.67 Å². The first-order valence-corrected chi connectivity index (χ1v) is 9.03.